The Hall–Kier alpha value is -4.25. The van der Waals surface area contributed by atoms with Gasteiger partial charge in [-0.2, -0.15) is 0 Å². The van der Waals surface area contributed by atoms with Crippen LogP contribution in [0.1, 0.15) is 31.0 Å². The van der Waals surface area contributed by atoms with Gasteiger partial charge in [-0.15, -0.1) is 0 Å². The molecule has 2 atom stereocenters. The van der Waals surface area contributed by atoms with Crippen molar-refractivity contribution in [3.63, 3.8) is 0 Å². The molecule has 2 aliphatic rings. The first-order valence-corrected chi connectivity index (χ1v) is 15.5. The van der Waals surface area contributed by atoms with Crippen molar-refractivity contribution in [1.29, 1.82) is 0 Å². The summed E-state index contributed by atoms with van der Waals surface area (Å²) in [6.45, 7) is 3.95. The maximum atomic E-state index is 11.5. The van der Waals surface area contributed by atoms with Crippen LogP contribution >= 0.6 is 23.2 Å². The summed E-state index contributed by atoms with van der Waals surface area (Å²) in [6, 6.07) is 15.7. The molecule has 2 aromatic heterocycles. The molecule has 1 amide bonds. The van der Waals surface area contributed by atoms with Crippen LogP contribution in [0.3, 0.4) is 0 Å². The first-order chi connectivity index (χ1) is 21.9. The maximum Gasteiger partial charge on any atom is 0.244 e. The van der Waals surface area contributed by atoms with E-state index in [1.54, 1.807) is 20.4 Å². The molecule has 45 heavy (non-hydrogen) atoms. The van der Waals surface area contributed by atoms with Gasteiger partial charge < -0.3 is 25.4 Å². The van der Waals surface area contributed by atoms with Gasteiger partial charge in [-0.1, -0.05) is 65.7 Å². The minimum atomic E-state index is 0.1000. The van der Waals surface area contributed by atoms with Gasteiger partial charge in [0.25, 0.3) is 0 Å². The topological polar surface area (TPSA) is 123 Å². The number of rotatable bonds is 10. The van der Waals surface area contributed by atoms with E-state index in [1.165, 1.54) is 0 Å². The number of amidine groups is 1. The molecular formula is C33H33Cl2N7O3. The van der Waals surface area contributed by atoms with E-state index < -0.39 is 0 Å². The Morgan fingerprint density at radius 3 is 2.18 bits per heavy atom. The third-order valence-electron chi connectivity index (χ3n) is 7.83. The van der Waals surface area contributed by atoms with Crippen molar-refractivity contribution in [3.8, 4) is 45.4 Å². The number of halogens is 2. The second-order valence-corrected chi connectivity index (χ2v) is 11.7. The number of carbonyl (C=O) groups excluding carboxylic acids is 1. The molecule has 6 rings (SSSR count). The average Bonchev–Trinajstić information content (AvgIpc) is 3.68. The Morgan fingerprint density at radius 2 is 1.56 bits per heavy atom. The highest BCUT2D eigenvalue weighted by Crippen LogP contribution is 2.42. The first kappa shape index (κ1) is 30.8. The van der Waals surface area contributed by atoms with Crippen molar-refractivity contribution >= 4 is 34.9 Å². The number of hydrogen-bond acceptors (Lipinski definition) is 9. The molecular weight excluding hydrogens is 613 g/mol. The Balaban J connectivity index is 1.27. The highest BCUT2D eigenvalue weighted by Gasteiger charge is 2.23. The predicted octanol–water partition coefficient (Wildman–Crippen LogP) is 5.30. The van der Waals surface area contributed by atoms with Crippen molar-refractivity contribution in [1.82, 2.24) is 30.9 Å². The van der Waals surface area contributed by atoms with E-state index in [9.17, 15) is 4.79 Å². The summed E-state index contributed by atoms with van der Waals surface area (Å²) >= 11 is 14.1. The molecule has 4 aromatic rings. The standard InChI is InChI=1S/C33H33Cl2N7O3/c1-18-14-38-31(39-18)30-33(45-3)42-26(17-37-30)24-9-5-7-22(29(24)35)21-6-4-8-23(28(21)34)25-12-10-19(32(41-25)44-2)15-36-16-20-11-13-27(43)40-20/h4-10,12,17-18,20,36H,11,13-16H2,1-3H3,(H,38,39)(H,40,43)/t18-,20?/m0/s1. The molecule has 0 spiro atoms. The van der Waals surface area contributed by atoms with E-state index in [1.807, 2.05) is 48.5 Å². The van der Waals surface area contributed by atoms with Crippen molar-refractivity contribution in [3.05, 3.63) is 76.0 Å². The SMILES string of the molecule is COc1nc(-c2cccc(-c3cccc(-c4cnc(C5=NC[C@H](C)N5)c(OC)n4)c3Cl)c2Cl)ccc1CNCC1CCC(=O)N1. The van der Waals surface area contributed by atoms with Gasteiger partial charge in [0.15, 0.2) is 11.5 Å². The van der Waals surface area contributed by atoms with Crippen LogP contribution in [-0.4, -0.2) is 66.1 Å². The molecule has 12 heteroatoms. The zero-order valence-electron chi connectivity index (χ0n) is 25.2. The second-order valence-electron chi connectivity index (χ2n) is 11.0. The van der Waals surface area contributed by atoms with Crippen LogP contribution in [0, 0.1) is 0 Å². The molecule has 3 N–H and O–H groups in total. The van der Waals surface area contributed by atoms with Gasteiger partial charge in [-0.3, -0.25) is 9.79 Å². The van der Waals surface area contributed by atoms with Crippen LogP contribution in [0.25, 0.3) is 33.6 Å². The van der Waals surface area contributed by atoms with E-state index >= 15 is 0 Å². The van der Waals surface area contributed by atoms with E-state index in [4.69, 9.17) is 42.6 Å². The fraction of sp³-hybridized carbons (Fsp3) is 0.303. The van der Waals surface area contributed by atoms with E-state index in [0.29, 0.717) is 76.3 Å². The summed E-state index contributed by atoms with van der Waals surface area (Å²) < 4.78 is 11.2. The summed E-state index contributed by atoms with van der Waals surface area (Å²) in [5.74, 6) is 1.62. The second kappa shape index (κ2) is 13.4. The van der Waals surface area contributed by atoms with Crippen molar-refractivity contribution < 1.29 is 14.3 Å². The third kappa shape index (κ3) is 6.45. The number of aliphatic imine (C=N–C) groups is 1. The number of benzene rings is 2. The molecule has 1 fully saturated rings. The van der Waals surface area contributed by atoms with Gasteiger partial charge in [-0.05, 0) is 19.4 Å². The minimum absolute atomic E-state index is 0.1000. The molecule has 0 radical (unpaired) electrons. The number of nitrogens with one attached hydrogen (secondary N) is 3. The van der Waals surface area contributed by atoms with Crippen LogP contribution in [0.2, 0.25) is 10.0 Å². The first-order valence-electron chi connectivity index (χ1n) is 14.7. The van der Waals surface area contributed by atoms with Crippen LogP contribution < -0.4 is 25.4 Å². The van der Waals surface area contributed by atoms with E-state index in [0.717, 1.165) is 28.7 Å². The quantitative estimate of drug-likeness (QED) is 0.212. The van der Waals surface area contributed by atoms with Gasteiger partial charge in [0, 0.05) is 59.4 Å². The molecule has 1 unspecified atom stereocenters. The van der Waals surface area contributed by atoms with Crippen molar-refractivity contribution in [2.45, 2.75) is 38.4 Å². The molecule has 4 heterocycles. The number of nitrogens with zero attached hydrogens (tertiary/aromatic N) is 4. The summed E-state index contributed by atoms with van der Waals surface area (Å²) in [7, 11) is 3.15. The molecule has 0 bridgehead atoms. The van der Waals surface area contributed by atoms with Crippen LogP contribution in [-0.2, 0) is 11.3 Å². The molecule has 0 saturated carbocycles. The van der Waals surface area contributed by atoms with Crippen molar-refractivity contribution in [2.75, 3.05) is 27.3 Å². The number of aromatic nitrogens is 3. The highest BCUT2D eigenvalue weighted by molar-refractivity contribution is 6.39. The Bertz CT molecular complexity index is 1780. The minimum Gasteiger partial charge on any atom is -0.481 e. The van der Waals surface area contributed by atoms with Gasteiger partial charge in [0.2, 0.25) is 17.7 Å². The number of hydrogen-bond donors (Lipinski definition) is 3. The van der Waals surface area contributed by atoms with Gasteiger partial charge >= 0.3 is 0 Å². The van der Waals surface area contributed by atoms with Crippen molar-refractivity contribution in [2.24, 2.45) is 4.99 Å². The smallest absolute Gasteiger partial charge is 0.244 e. The fourth-order valence-electron chi connectivity index (χ4n) is 5.52. The number of pyridine rings is 1. The van der Waals surface area contributed by atoms with Gasteiger partial charge in [-0.25, -0.2) is 15.0 Å². The molecule has 0 aliphatic carbocycles. The van der Waals surface area contributed by atoms with Gasteiger partial charge in [0.1, 0.15) is 0 Å². The van der Waals surface area contributed by atoms with Crippen LogP contribution in [0.4, 0.5) is 0 Å². The van der Waals surface area contributed by atoms with Crippen LogP contribution in [0.15, 0.2) is 59.7 Å². The number of carbonyl (C=O) groups is 1. The molecule has 2 aliphatic heterocycles. The largest absolute Gasteiger partial charge is 0.481 e. The Kier molecular flexibility index (Phi) is 9.16. The fourth-order valence-corrected chi connectivity index (χ4v) is 6.17. The molecule has 10 nitrogen and oxygen atoms in total. The molecule has 2 aromatic carbocycles. The highest BCUT2D eigenvalue weighted by atomic mass is 35.5. The zero-order valence-corrected chi connectivity index (χ0v) is 26.7. The Labute approximate surface area is 271 Å². The summed E-state index contributed by atoms with van der Waals surface area (Å²) in [4.78, 5) is 30.1. The third-order valence-corrected chi connectivity index (χ3v) is 8.64. The average molecular weight is 647 g/mol. The number of ether oxygens (including phenoxy) is 2. The summed E-state index contributed by atoms with van der Waals surface area (Å²) in [5, 5.41) is 10.6. The maximum absolute atomic E-state index is 11.5. The lowest BCUT2D eigenvalue weighted by Crippen LogP contribution is -2.35. The predicted molar refractivity (Wildman–Crippen MR) is 176 cm³/mol. The van der Waals surface area contributed by atoms with E-state index in [-0.39, 0.29) is 18.0 Å². The van der Waals surface area contributed by atoms with E-state index in [2.05, 4.69) is 32.9 Å². The number of methoxy groups -OCH3 is 2. The number of amides is 1. The molecule has 1 saturated heterocycles. The van der Waals surface area contributed by atoms with Gasteiger partial charge in [0.05, 0.1) is 48.4 Å². The normalized spacial score (nSPS) is 17.5. The summed E-state index contributed by atoms with van der Waals surface area (Å²) in [6.07, 6.45) is 3.08. The zero-order chi connectivity index (χ0) is 31.5. The Morgan fingerprint density at radius 1 is 0.889 bits per heavy atom. The molecule has 232 valence electrons. The lowest BCUT2D eigenvalue weighted by molar-refractivity contribution is -0.119. The monoisotopic (exact) mass is 645 g/mol. The lowest BCUT2D eigenvalue weighted by atomic mass is 9.98. The lowest BCUT2D eigenvalue weighted by Gasteiger charge is -2.16. The summed E-state index contributed by atoms with van der Waals surface area (Å²) in [5.41, 5.74) is 5.62. The van der Waals surface area contributed by atoms with Crippen LogP contribution in [0.5, 0.6) is 11.8 Å².